The van der Waals surface area contributed by atoms with Crippen molar-refractivity contribution in [1.29, 1.82) is 0 Å². The summed E-state index contributed by atoms with van der Waals surface area (Å²) in [7, 11) is -4.37. The van der Waals surface area contributed by atoms with Gasteiger partial charge in [0.15, 0.2) is 6.10 Å². The van der Waals surface area contributed by atoms with Gasteiger partial charge >= 0.3 is 19.8 Å². The van der Waals surface area contributed by atoms with E-state index in [-0.39, 0.29) is 38.6 Å². The van der Waals surface area contributed by atoms with Crippen molar-refractivity contribution in [3.63, 3.8) is 0 Å². The molecule has 0 aromatic carbocycles. The maximum atomic E-state index is 12.6. The van der Waals surface area contributed by atoms with Crippen LogP contribution in [0.2, 0.25) is 0 Å². The molecule has 10 heteroatoms. The number of rotatable bonds is 54. The summed E-state index contributed by atoms with van der Waals surface area (Å²) in [5, 5.41) is 0. The lowest BCUT2D eigenvalue weighted by Gasteiger charge is -2.19. The van der Waals surface area contributed by atoms with Gasteiger partial charge in [-0.05, 0) is 12.8 Å². The van der Waals surface area contributed by atoms with Gasteiger partial charge < -0.3 is 20.1 Å². The van der Waals surface area contributed by atoms with Gasteiger partial charge in [-0.2, -0.15) is 0 Å². The summed E-state index contributed by atoms with van der Waals surface area (Å²) in [6.07, 6.45) is 56.2. The molecule has 0 saturated heterocycles. The largest absolute Gasteiger partial charge is 0.472 e. The molecule has 0 aromatic heterocycles. The molecule has 3 N–H and O–H groups in total. The van der Waals surface area contributed by atoms with E-state index in [0.717, 1.165) is 32.1 Å². The number of unbranched alkanes of at least 4 members (excludes halogenated alkanes) is 41. The molecule has 2 unspecified atom stereocenters. The van der Waals surface area contributed by atoms with Crippen LogP contribution >= 0.6 is 7.82 Å². The van der Waals surface area contributed by atoms with E-state index < -0.39 is 26.5 Å². The Morgan fingerprint density at radius 2 is 0.672 bits per heavy atom. The van der Waals surface area contributed by atoms with Gasteiger partial charge in [-0.1, -0.05) is 277 Å². The van der Waals surface area contributed by atoms with Gasteiger partial charge in [-0.15, -0.1) is 0 Å². The Hall–Kier alpha value is -0.990. The zero-order valence-corrected chi connectivity index (χ0v) is 43.4. The topological polar surface area (TPSA) is 134 Å². The summed E-state index contributed by atoms with van der Waals surface area (Å²) in [6.45, 7) is 3.78. The van der Waals surface area contributed by atoms with Gasteiger partial charge in [0.05, 0.1) is 13.2 Å². The van der Waals surface area contributed by atoms with E-state index in [1.807, 2.05) is 0 Å². The highest BCUT2D eigenvalue weighted by atomic mass is 31.2. The van der Waals surface area contributed by atoms with Crippen molar-refractivity contribution in [1.82, 2.24) is 0 Å². The van der Waals surface area contributed by atoms with E-state index >= 15 is 0 Å². The second-order valence-corrected chi connectivity index (χ2v) is 20.6. The first-order valence-electron chi connectivity index (χ1n) is 28.0. The molecule has 0 aliphatic heterocycles. The van der Waals surface area contributed by atoms with Gasteiger partial charge in [0.25, 0.3) is 0 Å². The lowest BCUT2D eigenvalue weighted by molar-refractivity contribution is -0.161. The van der Waals surface area contributed by atoms with Crippen LogP contribution in [0.5, 0.6) is 0 Å². The molecular weight excluding hydrogens is 822 g/mol. The minimum Gasteiger partial charge on any atom is -0.462 e. The molecule has 0 amide bonds. The minimum atomic E-state index is -4.37. The Morgan fingerprint density at radius 3 is 0.953 bits per heavy atom. The lowest BCUT2D eigenvalue weighted by atomic mass is 10.0. The summed E-state index contributed by atoms with van der Waals surface area (Å²) in [6, 6.07) is 0. The fraction of sp³-hybridized carbons (Fsp3) is 0.963. The molecule has 382 valence electrons. The predicted octanol–water partition coefficient (Wildman–Crippen LogP) is 17.1. The molecule has 64 heavy (non-hydrogen) atoms. The number of esters is 2. The Bertz CT molecular complexity index is 1020. The van der Waals surface area contributed by atoms with E-state index in [0.29, 0.717) is 6.42 Å². The van der Waals surface area contributed by atoms with Crippen LogP contribution in [-0.4, -0.2) is 49.3 Å². The number of ether oxygens (including phenoxy) is 2. The third-order valence-corrected chi connectivity index (χ3v) is 13.7. The number of carbonyl (C=O) groups excluding carboxylic acids is 2. The molecule has 2 atom stereocenters. The molecule has 0 saturated carbocycles. The fourth-order valence-electron chi connectivity index (χ4n) is 8.58. The van der Waals surface area contributed by atoms with Gasteiger partial charge in [0, 0.05) is 19.4 Å². The van der Waals surface area contributed by atoms with E-state index in [1.54, 1.807) is 0 Å². The Balaban J connectivity index is 3.74. The number of carbonyl (C=O) groups is 2. The van der Waals surface area contributed by atoms with Crippen LogP contribution in [0.25, 0.3) is 0 Å². The van der Waals surface area contributed by atoms with E-state index in [9.17, 15) is 19.0 Å². The number of phosphoric ester groups is 1. The summed E-state index contributed by atoms with van der Waals surface area (Å²) in [5.41, 5.74) is 5.36. The Labute approximate surface area is 397 Å². The van der Waals surface area contributed by atoms with Crippen LogP contribution in [-0.2, 0) is 32.7 Å². The van der Waals surface area contributed by atoms with Crippen molar-refractivity contribution < 1.29 is 37.6 Å². The zero-order valence-electron chi connectivity index (χ0n) is 42.6. The number of hydrogen-bond donors (Lipinski definition) is 2. The quantitative estimate of drug-likeness (QED) is 0.0347. The maximum absolute atomic E-state index is 12.6. The van der Waals surface area contributed by atoms with Crippen LogP contribution in [0.1, 0.15) is 303 Å². The molecule has 9 nitrogen and oxygen atoms in total. The number of nitrogens with two attached hydrogens (primary N) is 1. The molecule has 0 fully saturated rings. The summed E-state index contributed by atoms with van der Waals surface area (Å²) < 4.78 is 32.9. The van der Waals surface area contributed by atoms with Gasteiger partial charge in [-0.25, -0.2) is 4.57 Å². The molecule has 0 aliphatic rings. The minimum absolute atomic E-state index is 0.0582. The van der Waals surface area contributed by atoms with E-state index in [4.69, 9.17) is 24.3 Å². The maximum Gasteiger partial charge on any atom is 0.472 e. The molecular formula is C54H108NO8P. The summed E-state index contributed by atoms with van der Waals surface area (Å²) in [5.74, 6) is -0.811. The zero-order chi connectivity index (χ0) is 46.7. The van der Waals surface area contributed by atoms with Gasteiger partial charge in [0.2, 0.25) is 0 Å². The molecule has 0 aliphatic carbocycles. The normalized spacial score (nSPS) is 13.0. The van der Waals surface area contributed by atoms with Crippen LogP contribution < -0.4 is 5.73 Å². The van der Waals surface area contributed by atoms with Crippen LogP contribution in [0.4, 0.5) is 0 Å². The predicted molar refractivity (Wildman–Crippen MR) is 271 cm³/mol. The van der Waals surface area contributed by atoms with Gasteiger partial charge in [0.1, 0.15) is 6.61 Å². The monoisotopic (exact) mass is 930 g/mol. The lowest BCUT2D eigenvalue weighted by Crippen LogP contribution is -2.29. The highest BCUT2D eigenvalue weighted by Crippen LogP contribution is 2.43. The third-order valence-electron chi connectivity index (χ3n) is 12.7. The van der Waals surface area contributed by atoms with E-state index in [1.165, 1.54) is 238 Å². The first-order valence-corrected chi connectivity index (χ1v) is 29.5. The Morgan fingerprint density at radius 1 is 0.406 bits per heavy atom. The second kappa shape index (κ2) is 51.4. The van der Waals surface area contributed by atoms with Crippen LogP contribution in [0, 0.1) is 0 Å². The van der Waals surface area contributed by atoms with Gasteiger partial charge in [-0.3, -0.25) is 18.6 Å². The van der Waals surface area contributed by atoms with E-state index in [2.05, 4.69) is 13.8 Å². The average molecular weight is 930 g/mol. The standard InChI is InChI=1S/C54H108NO8P/c1-3-5-7-9-11-13-15-16-17-18-19-20-21-22-23-24-25-26-27-28-29-30-31-32-33-34-35-36-37-39-41-43-45-47-54(57)63-52(51-62-64(58,59)61-49-48-55)50-60-53(56)46-44-42-40-38-14-12-10-8-6-4-2/h52H,3-51,55H2,1-2H3,(H,58,59). The van der Waals surface area contributed by atoms with Crippen molar-refractivity contribution in [2.75, 3.05) is 26.4 Å². The Kier molecular flexibility index (Phi) is 50.6. The summed E-state index contributed by atoms with van der Waals surface area (Å²) in [4.78, 5) is 34.9. The molecule has 0 bridgehead atoms. The molecule has 0 aromatic rings. The SMILES string of the molecule is CCCCCCCCCCCCCCCCCCCCCCCCCCCCCCCCCCCC(=O)OC(COC(=O)CCCCCCCCCCCC)COP(=O)(O)OCCN. The first kappa shape index (κ1) is 63.0. The van der Waals surface area contributed by atoms with Crippen molar-refractivity contribution in [3.8, 4) is 0 Å². The van der Waals surface area contributed by atoms with Crippen molar-refractivity contribution in [2.45, 2.75) is 309 Å². The van der Waals surface area contributed by atoms with Crippen LogP contribution in [0.15, 0.2) is 0 Å². The second-order valence-electron chi connectivity index (χ2n) is 19.2. The smallest absolute Gasteiger partial charge is 0.462 e. The van der Waals surface area contributed by atoms with Crippen LogP contribution in [0.3, 0.4) is 0 Å². The highest BCUT2D eigenvalue weighted by molar-refractivity contribution is 7.47. The highest BCUT2D eigenvalue weighted by Gasteiger charge is 2.26. The first-order chi connectivity index (χ1) is 31.3. The van der Waals surface area contributed by atoms with Crippen molar-refractivity contribution >= 4 is 19.8 Å². The van der Waals surface area contributed by atoms with Crippen molar-refractivity contribution in [2.24, 2.45) is 5.73 Å². The molecule has 0 radical (unpaired) electrons. The third kappa shape index (κ3) is 50.4. The average Bonchev–Trinajstić information content (AvgIpc) is 3.28. The number of phosphoric acid groups is 1. The summed E-state index contributed by atoms with van der Waals surface area (Å²) >= 11 is 0. The van der Waals surface area contributed by atoms with Crippen molar-refractivity contribution in [3.05, 3.63) is 0 Å². The fourth-order valence-corrected chi connectivity index (χ4v) is 9.35. The molecule has 0 heterocycles. The number of hydrogen-bond acceptors (Lipinski definition) is 8. The molecule has 0 rings (SSSR count). The molecule has 0 spiro atoms.